The molecule has 0 aliphatic rings. The molecule has 0 radical (unpaired) electrons. The van der Waals surface area contributed by atoms with E-state index in [0.29, 0.717) is 0 Å². The van der Waals surface area contributed by atoms with Crippen molar-refractivity contribution in [2.24, 2.45) is 17.2 Å². The number of ether oxygens (including phenoxy) is 2. The Morgan fingerprint density at radius 3 is 2.00 bits per heavy atom. The van der Waals surface area contributed by atoms with E-state index in [1.165, 1.54) is 0 Å². The lowest BCUT2D eigenvalue weighted by molar-refractivity contribution is -0.292. The Morgan fingerprint density at radius 2 is 1.60 bits per heavy atom. The van der Waals surface area contributed by atoms with Crippen molar-refractivity contribution in [3.8, 4) is 0 Å². The smallest absolute Gasteiger partial charge is 0.407 e. The highest BCUT2D eigenvalue weighted by atomic mass is 31.0. The molecule has 7 N–H and O–H groups in total. The van der Waals surface area contributed by atoms with E-state index in [-0.39, 0.29) is 0 Å². The zero-order chi connectivity index (χ0) is 11.8. The molecule has 0 heterocycles. The molecular formula is C4H11N4O6P. The standard InChI is InChI=1S/C4H11N4O6P/c5-1(9)11-2(6)13-8-14-3(7)12-4(10)15/h2-3,8H,6-7,15H2,(H2,5,9). The first-order valence-corrected chi connectivity index (χ1v) is 3.99. The van der Waals surface area contributed by atoms with Gasteiger partial charge < -0.3 is 15.2 Å². The molecule has 0 aromatic rings. The normalized spacial score (nSPS) is 14.1. The fraction of sp³-hybridized carbons (Fsp3) is 0.500. The largest absolute Gasteiger partial charge is 0.417 e. The minimum Gasteiger partial charge on any atom is -0.417 e. The van der Waals surface area contributed by atoms with E-state index in [2.05, 4.69) is 24.9 Å². The Balaban J connectivity index is 3.52. The van der Waals surface area contributed by atoms with Crippen molar-refractivity contribution >= 4 is 21.0 Å². The third-order valence-electron chi connectivity index (χ3n) is 0.793. The van der Waals surface area contributed by atoms with Crippen molar-refractivity contribution < 1.29 is 28.7 Å². The molecule has 11 heteroatoms. The Morgan fingerprint density at radius 1 is 1.13 bits per heavy atom. The summed E-state index contributed by atoms with van der Waals surface area (Å²) < 4.78 is 8.39. The lowest BCUT2D eigenvalue weighted by Crippen LogP contribution is -2.41. The van der Waals surface area contributed by atoms with Gasteiger partial charge in [-0.05, 0) is 9.24 Å². The van der Waals surface area contributed by atoms with Gasteiger partial charge in [0.05, 0.1) is 0 Å². The second-order valence-corrected chi connectivity index (χ2v) is 2.40. The van der Waals surface area contributed by atoms with Crippen molar-refractivity contribution in [3.05, 3.63) is 0 Å². The van der Waals surface area contributed by atoms with Gasteiger partial charge in [-0.3, -0.25) is 11.5 Å². The van der Waals surface area contributed by atoms with Crippen molar-refractivity contribution in [1.29, 1.82) is 0 Å². The van der Waals surface area contributed by atoms with Gasteiger partial charge in [0.1, 0.15) is 0 Å². The Labute approximate surface area is 86.4 Å². The number of nitrogens with one attached hydrogen (secondary N) is 1. The number of nitrogens with two attached hydrogens (primary N) is 3. The van der Waals surface area contributed by atoms with Gasteiger partial charge in [-0.2, -0.15) is 0 Å². The van der Waals surface area contributed by atoms with Crippen LogP contribution in [0.5, 0.6) is 0 Å². The van der Waals surface area contributed by atoms with Gasteiger partial charge >= 0.3 is 11.8 Å². The van der Waals surface area contributed by atoms with E-state index >= 15 is 0 Å². The molecule has 1 amide bonds. The van der Waals surface area contributed by atoms with Crippen LogP contribution in [-0.2, 0) is 19.1 Å². The molecule has 15 heavy (non-hydrogen) atoms. The lowest BCUT2D eigenvalue weighted by atomic mass is 11.1. The van der Waals surface area contributed by atoms with Gasteiger partial charge in [-0.15, -0.1) is 0 Å². The SMILES string of the molecule is NC(=O)OC(N)ONOC(N)OC(=O)P. The first kappa shape index (κ1) is 14.0. The minimum absolute atomic E-state index is 0.734. The molecule has 0 bridgehead atoms. The molecule has 0 spiro atoms. The summed E-state index contributed by atoms with van der Waals surface area (Å²) in [6.45, 7) is 0. The van der Waals surface area contributed by atoms with Crippen LogP contribution < -0.4 is 22.8 Å². The van der Waals surface area contributed by atoms with Gasteiger partial charge in [0, 0.05) is 0 Å². The number of carbonyl (C=O) groups is 2. The number of rotatable bonds is 6. The summed E-state index contributed by atoms with van der Waals surface area (Å²) in [5.41, 5.74) is 15.7. The highest BCUT2D eigenvalue weighted by Crippen LogP contribution is 1.94. The van der Waals surface area contributed by atoms with Crippen LogP contribution in [0.4, 0.5) is 9.59 Å². The molecule has 0 aliphatic carbocycles. The second-order valence-electron chi connectivity index (χ2n) is 1.93. The van der Waals surface area contributed by atoms with Gasteiger partial charge in [0.25, 0.3) is 12.8 Å². The summed E-state index contributed by atoms with van der Waals surface area (Å²) in [5.74, 6) is 0. The molecule has 3 atom stereocenters. The molecule has 0 aromatic heterocycles. The predicted octanol–water partition coefficient (Wildman–Crippen LogP) is -1.97. The zero-order valence-electron chi connectivity index (χ0n) is 7.41. The van der Waals surface area contributed by atoms with Crippen LogP contribution in [0.15, 0.2) is 0 Å². The minimum atomic E-state index is -1.48. The van der Waals surface area contributed by atoms with Crippen molar-refractivity contribution in [1.82, 2.24) is 5.64 Å². The summed E-state index contributed by atoms with van der Waals surface area (Å²) in [6, 6.07) is 0. The first-order valence-electron chi connectivity index (χ1n) is 3.41. The topological polar surface area (TPSA) is 161 Å². The summed E-state index contributed by atoms with van der Waals surface area (Å²) >= 11 is 0. The zero-order valence-corrected chi connectivity index (χ0v) is 8.57. The summed E-state index contributed by atoms with van der Waals surface area (Å²) in [4.78, 5) is 29.1. The van der Waals surface area contributed by atoms with E-state index in [1.54, 1.807) is 14.9 Å². The number of hydrogen-bond acceptors (Lipinski definition) is 9. The Bertz CT molecular complexity index is 205. The Hall–Kier alpha value is -1.03. The van der Waals surface area contributed by atoms with Gasteiger partial charge in [0.2, 0.25) is 0 Å². The molecular weight excluding hydrogens is 231 g/mol. The highest BCUT2D eigenvalue weighted by molar-refractivity contribution is 7.39. The Kier molecular flexibility index (Phi) is 6.79. The second kappa shape index (κ2) is 7.29. The number of carbonyl (C=O) groups excluding carboxylic acids is 2. The molecule has 0 aliphatic heterocycles. The third-order valence-corrected chi connectivity index (χ3v) is 0.929. The monoisotopic (exact) mass is 242 g/mol. The van der Waals surface area contributed by atoms with Crippen molar-refractivity contribution in [2.75, 3.05) is 0 Å². The van der Waals surface area contributed by atoms with E-state index in [9.17, 15) is 9.59 Å². The van der Waals surface area contributed by atoms with Crippen LogP contribution in [0.1, 0.15) is 0 Å². The van der Waals surface area contributed by atoms with Gasteiger partial charge in [-0.1, -0.05) is 5.64 Å². The van der Waals surface area contributed by atoms with E-state index in [1.807, 2.05) is 0 Å². The van der Waals surface area contributed by atoms with E-state index in [0.717, 1.165) is 0 Å². The van der Waals surface area contributed by atoms with Crippen LogP contribution in [0.25, 0.3) is 0 Å². The predicted molar refractivity (Wildman–Crippen MR) is 48.1 cm³/mol. The van der Waals surface area contributed by atoms with Crippen molar-refractivity contribution in [3.63, 3.8) is 0 Å². The highest BCUT2D eigenvalue weighted by Gasteiger charge is 2.09. The van der Waals surface area contributed by atoms with Gasteiger partial charge in [0.15, 0.2) is 0 Å². The van der Waals surface area contributed by atoms with E-state index in [4.69, 9.17) is 11.5 Å². The molecule has 0 rings (SSSR count). The maximum atomic E-state index is 10.3. The molecule has 10 nitrogen and oxygen atoms in total. The summed E-state index contributed by atoms with van der Waals surface area (Å²) in [7, 11) is 1.71. The molecule has 0 aromatic carbocycles. The maximum Gasteiger partial charge on any atom is 0.407 e. The van der Waals surface area contributed by atoms with E-state index < -0.39 is 24.6 Å². The lowest BCUT2D eigenvalue weighted by Gasteiger charge is -2.15. The van der Waals surface area contributed by atoms with Crippen LogP contribution in [0, 0.1) is 0 Å². The molecule has 88 valence electrons. The molecule has 0 saturated carbocycles. The van der Waals surface area contributed by atoms with Crippen LogP contribution in [0.2, 0.25) is 0 Å². The number of amides is 1. The number of hydrogen-bond donors (Lipinski definition) is 4. The maximum absolute atomic E-state index is 10.3. The fourth-order valence-electron chi connectivity index (χ4n) is 0.400. The number of primary amides is 1. The van der Waals surface area contributed by atoms with Gasteiger partial charge in [-0.25, -0.2) is 19.3 Å². The van der Waals surface area contributed by atoms with Crippen LogP contribution >= 0.6 is 9.24 Å². The quantitative estimate of drug-likeness (QED) is 0.235. The molecule has 0 fully saturated rings. The fourth-order valence-corrected chi connectivity index (χ4v) is 0.534. The van der Waals surface area contributed by atoms with Crippen LogP contribution in [0.3, 0.4) is 0 Å². The average Bonchev–Trinajstić information content (AvgIpc) is 2.00. The first-order chi connectivity index (χ1) is 6.91. The van der Waals surface area contributed by atoms with Crippen molar-refractivity contribution in [2.45, 2.75) is 12.8 Å². The van der Waals surface area contributed by atoms with Crippen LogP contribution in [-0.4, -0.2) is 24.6 Å². The molecule has 0 saturated heterocycles. The average molecular weight is 242 g/mol. The third kappa shape index (κ3) is 9.28. The summed E-state index contributed by atoms with van der Waals surface area (Å²) in [5, 5.41) is 0. The summed E-state index contributed by atoms with van der Waals surface area (Å²) in [6.07, 6.45) is -4.03. The molecule has 3 unspecified atom stereocenters.